The summed E-state index contributed by atoms with van der Waals surface area (Å²) in [6, 6.07) is 3.57. The third-order valence-corrected chi connectivity index (χ3v) is 4.33. The van der Waals surface area contributed by atoms with Crippen LogP contribution < -0.4 is 14.2 Å². The summed E-state index contributed by atoms with van der Waals surface area (Å²) in [5.41, 5.74) is 0.573. The molecule has 0 saturated carbocycles. The average Bonchev–Trinajstić information content (AvgIpc) is 2.77. The maximum absolute atomic E-state index is 12.6. The summed E-state index contributed by atoms with van der Waals surface area (Å²) in [4.78, 5) is 26.4. The van der Waals surface area contributed by atoms with Gasteiger partial charge in [-0.05, 0) is 12.1 Å². The number of methoxy groups -OCH3 is 2. The number of ether oxygens (including phenoxy) is 4. The third kappa shape index (κ3) is 5.78. The lowest BCUT2D eigenvalue weighted by Gasteiger charge is -2.32. The molecule has 1 unspecified atom stereocenters. The van der Waals surface area contributed by atoms with Crippen LogP contribution in [0.15, 0.2) is 30.6 Å². The molecule has 154 valence electrons. The first-order valence-electron chi connectivity index (χ1n) is 8.87. The molecular formula is C19H21ClN4O5. The number of hydrogen-bond donors (Lipinski definition) is 0. The maximum atomic E-state index is 12.6. The molecular weight excluding hydrogens is 400 g/mol. The topological polar surface area (TPSA) is 95.9 Å². The average molecular weight is 421 g/mol. The first-order chi connectivity index (χ1) is 14.1. The van der Waals surface area contributed by atoms with Crippen LogP contribution in [0.4, 0.5) is 0 Å². The quantitative estimate of drug-likeness (QED) is 0.626. The van der Waals surface area contributed by atoms with Crippen molar-refractivity contribution in [3.05, 3.63) is 41.2 Å². The zero-order chi connectivity index (χ0) is 20.6. The van der Waals surface area contributed by atoms with Gasteiger partial charge in [0.05, 0.1) is 38.0 Å². The van der Waals surface area contributed by atoms with Crippen molar-refractivity contribution < 1.29 is 23.7 Å². The second-order valence-corrected chi connectivity index (χ2v) is 6.49. The largest absolute Gasteiger partial charge is 0.480 e. The summed E-state index contributed by atoms with van der Waals surface area (Å²) in [7, 11) is 2.96. The molecule has 2 aromatic heterocycles. The highest BCUT2D eigenvalue weighted by Gasteiger charge is 2.23. The van der Waals surface area contributed by atoms with Crippen LogP contribution in [0.2, 0.25) is 5.02 Å². The number of hydrogen-bond acceptors (Lipinski definition) is 8. The second kappa shape index (κ2) is 10.0. The number of carbonyl (C=O) groups is 1. The molecule has 1 aliphatic rings. The molecule has 0 N–H and O–H groups in total. The lowest BCUT2D eigenvalue weighted by atomic mass is 10.2. The molecule has 0 aromatic carbocycles. The Hall–Kier alpha value is -2.91. The predicted molar refractivity (Wildman–Crippen MR) is 105 cm³/mol. The van der Waals surface area contributed by atoms with Gasteiger partial charge >= 0.3 is 6.01 Å². The van der Waals surface area contributed by atoms with Gasteiger partial charge in [-0.25, -0.2) is 9.97 Å². The molecule has 0 bridgehead atoms. The van der Waals surface area contributed by atoms with Crippen LogP contribution in [0.1, 0.15) is 5.56 Å². The molecule has 3 heterocycles. The highest BCUT2D eigenvalue weighted by molar-refractivity contribution is 6.30. The molecule has 1 saturated heterocycles. The van der Waals surface area contributed by atoms with E-state index in [2.05, 4.69) is 15.0 Å². The van der Waals surface area contributed by atoms with Crippen LogP contribution in [-0.2, 0) is 9.53 Å². The SMILES string of the molecule is COc1ncc(C=CC(=O)N2CCOC(COc3ccc(Cl)cn3)C2)c(OC)n1. The molecule has 0 spiro atoms. The summed E-state index contributed by atoms with van der Waals surface area (Å²) in [6.07, 6.45) is 5.86. The molecule has 1 atom stereocenters. The van der Waals surface area contributed by atoms with Crippen LogP contribution >= 0.6 is 11.6 Å². The number of carbonyl (C=O) groups excluding carboxylic acids is 1. The van der Waals surface area contributed by atoms with Crippen LogP contribution in [-0.4, -0.2) is 72.4 Å². The fourth-order valence-corrected chi connectivity index (χ4v) is 2.76. The molecule has 10 heteroatoms. The molecule has 1 fully saturated rings. The van der Waals surface area contributed by atoms with Gasteiger partial charge in [-0.3, -0.25) is 4.79 Å². The summed E-state index contributed by atoms with van der Waals surface area (Å²) in [5.74, 6) is 0.623. The smallest absolute Gasteiger partial charge is 0.319 e. The minimum atomic E-state index is -0.252. The van der Waals surface area contributed by atoms with E-state index in [1.54, 1.807) is 23.1 Å². The number of amides is 1. The van der Waals surface area contributed by atoms with E-state index in [4.69, 9.17) is 30.5 Å². The van der Waals surface area contributed by atoms with Crippen molar-refractivity contribution in [2.75, 3.05) is 40.5 Å². The van der Waals surface area contributed by atoms with Gasteiger partial charge < -0.3 is 23.8 Å². The van der Waals surface area contributed by atoms with E-state index in [9.17, 15) is 4.79 Å². The van der Waals surface area contributed by atoms with E-state index in [-0.39, 0.29) is 24.6 Å². The standard InChI is InChI=1S/C19H21ClN4O5/c1-26-18-13(9-22-19(23-18)27-2)3-6-17(25)24-7-8-28-15(11-24)12-29-16-5-4-14(20)10-21-16/h3-6,9-10,15H,7-8,11-12H2,1-2H3. The van der Waals surface area contributed by atoms with Gasteiger partial charge in [-0.15, -0.1) is 0 Å². The predicted octanol–water partition coefficient (Wildman–Crippen LogP) is 1.86. The summed E-state index contributed by atoms with van der Waals surface area (Å²) < 4.78 is 21.5. The summed E-state index contributed by atoms with van der Waals surface area (Å²) >= 11 is 5.81. The zero-order valence-electron chi connectivity index (χ0n) is 16.1. The van der Waals surface area contributed by atoms with Crippen molar-refractivity contribution in [3.8, 4) is 17.8 Å². The fourth-order valence-electron chi connectivity index (χ4n) is 2.65. The van der Waals surface area contributed by atoms with E-state index in [0.29, 0.717) is 42.0 Å². The Labute approximate surface area is 173 Å². The van der Waals surface area contributed by atoms with Crippen molar-refractivity contribution in [2.24, 2.45) is 0 Å². The van der Waals surface area contributed by atoms with Crippen LogP contribution in [0, 0.1) is 0 Å². The Morgan fingerprint density at radius 1 is 1.31 bits per heavy atom. The number of aromatic nitrogens is 3. The molecule has 29 heavy (non-hydrogen) atoms. The Morgan fingerprint density at radius 2 is 2.17 bits per heavy atom. The van der Waals surface area contributed by atoms with E-state index < -0.39 is 0 Å². The lowest BCUT2D eigenvalue weighted by molar-refractivity contribution is -0.134. The van der Waals surface area contributed by atoms with Crippen LogP contribution in [0.5, 0.6) is 17.8 Å². The normalized spacial score (nSPS) is 16.7. The molecule has 0 aliphatic carbocycles. The number of morpholine rings is 1. The van der Waals surface area contributed by atoms with Gasteiger partial charge in [-0.1, -0.05) is 11.6 Å². The Balaban J connectivity index is 1.56. The summed E-state index contributed by atoms with van der Waals surface area (Å²) in [6.45, 7) is 1.61. The van der Waals surface area contributed by atoms with Crippen molar-refractivity contribution >= 4 is 23.6 Å². The maximum Gasteiger partial charge on any atom is 0.319 e. The second-order valence-electron chi connectivity index (χ2n) is 6.06. The Bertz CT molecular complexity index is 862. The van der Waals surface area contributed by atoms with Gasteiger partial charge in [0.1, 0.15) is 12.7 Å². The van der Waals surface area contributed by atoms with E-state index >= 15 is 0 Å². The van der Waals surface area contributed by atoms with Gasteiger partial charge in [-0.2, -0.15) is 4.98 Å². The zero-order valence-corrected chi connectivity index (χ0v) is 16.8. The molecule has 2 aromatic rings. The minimum Gasteiger partial charge on any atom is -0.480 e. The Morgan fingerprint density at radius 3 is 2.90 bits per heavy atom. The van der Waals surface area contributed by atoms with Crippen molar-refractivity contribution in [1.29, 1.82) is 0 Å². The van der Waals surface area contributed by atoms with Crippen LogP contribution in [0.3, 0.4) is 0 Å². The Kier molecular flexibility index (Phi) is 7.20. The van der Waals surface area contributed by atoms with E-state index in [0.717, 1.165) is 0 Å². The van der Waals surface area contributed by atoms with Crippen LogP contribution in [0.25, 0.3) is 6.08 Å². The fraction of sp³-hybridized carbons (Fsp3) is 0.368. The van der Waals surface area contributed by atoms with E-state index in [1.165, 1.54) is 32.7 Å². The minimum absolute atomic E-state index is 0.152. The molecule has 9 nitrogen and oxygen atoms in total. The first-order valence-corrected chi connectivity index (χ1v) is 9.25. The van der Waals surface area contributed by atoms with Crippen molar-refractivity contribution in [3.63, 3.8) is 0 Å². The number of halogens is 1. The number of nitrogens with zero attached hydrogens (tertiary/aromatic N) is 4. The third-order valence-electron chi connectivity index (χ3n) is 4.11. The monoisotopic (exact) mass is 420 g/mol. The van der Waals surface area contributed by atoms with Crippen molar-refractivity contribution in [2.45, 2.75) is 6.10 Å². The van der Waals surface area contributed by atoms with Gasteiger partial charge in [0.25, 0.3) is 0 Å². The first kappa shape index (κ1) is 20.8. The van der Waals surface area contributed by atoms with E-state index in [1.807, 2.05) is 0 Å². The van der Waals surface area contributed by atoms with Gasteiger partial charge in [0, 0.05) is 31.1 Å². The highest BCUT2D eigenvalue weighted by Crippen LogP contribution is 2.19. The molecule has 1 aliphatic heterocycles. The van der Waals surface area contributed by atoms with Gasteiger partial charge in [0.2, 0.25) is 17.7 Å². The summed E-state index contributed by atoms with van der Waals surface area (Å²) in [5, 5.41) is 0.536. The van der Waals surface area contributed by atoms with Crippen molar-refractivity contribution in [1.82, 2.24) is 19.9 Å². The molecule has 1 amide bonds. The number of rotatable bonds is 7. The number of pyridine rings is 1. The highest BCUT2D eigenvalue weighted by atomic mass is 35.5. The molecule has 0 radical (unpaired) electrons. The molecule has 3 rings (SSSR count). The van der Waals surface area contributed by atoms with Gasteiger partial charge in [0.15, 0.2) is 0 Å². The lowest BCUT2D eigenvalue weighted by Crippen LogP contribution is -2.47.